The summed E-state index contributed by atoms with van der Waals surface area (Å²) in [6.45, 7) is 7.85. The maximum atomic E-state index is 12.5. The molecular formula is C17H23N5O3S2. The van der Waals surface area contributed by atoms with Crippen molar-refractivity contribution >= 4 is 33.4 Å². The second kappa shape index (κ2) is 8.68. The van der Waals surface area contributed by atoms with Crippen molar-refractivity contribution < 1.29 is 13.2 Å². The number of aromatic nitrogens is 3. The van der Waals surface area contributed by atoms with Gasteiger partial charge in [-0.15, -0.1) is 16.8 Å². The molecule has 0 spiro atoms. The Bertz CT molecular complexity index is 938. The first-order valence-electron chi connectivity index (χ1n) is 8.17. The molecule has 0 radical (unpaired) electrons. The van der Waals surface area contributed by atoms with Crippen LogP contribution in [0.15, 0.2) is 47.0 Å². The lowest BCUT2D eigenvalue weighted by Crippen LogP contribution is -2.24. The number of sulfonamides is 1. The summed E-state index contributed by atoms with van der Waals surface area (Å²) >= 11 is 1.28. The summed E-state index contributed by atoms with van der Waals surface area (Å²) in [7, 11) is -0.649. The van der Waals surface area contributed by atoms with Gasteiger partial charge in [-0.2, -0.15) is 0 Å². The van der Waals surface area contributed by atoms with E-state index in [2.05, 4.69) is 22.1 Å². The maximum absolute atomic E-state index is 12.5. The van der Waals surface area contributed by atoms with Crippen LogP contribution in [0.1, 0.15) is 12.7 Å². The molecule has 10 heteroatoms. The first kappa shape index (κ1) is 21.1. The highest BCUT2D eigenvalue weighted by Gasteiger charge is 2.21. The molecule has 2 aromatic rings. The quantitative estimate of drug-likeness (QED) is 0.530. The fraction of sp³-hybridized carbons (Fsp3) is 0.353. The normalized spacial score (nSPS) is 12.8. The van der Waals surface area contributed by atoms with Crippen LogP contribution in [0.4, 0.5) is 5.69 Å². The number of thioether (sulfide) groups is 1. The predicted octanol–water partition coefficient (Wildman–Crippen LogP) is 2.14. The predicted molar refractivity (Wildman–Crippen MR) is 106 cm³/mol. The lowest BCUT2D eigenvalue weighted by Gasteiger charge is -2.14. The van der Waals surface area contributed by atoms with Gasteiger partial charge in [-0.1, -0.05) is 23.9 Å². The maximum Gasteiger partial charge on any atom is 0.242 e. The van der Waals surface area contributed by atoms with E-state index in [-0.39, 0.29) is 10.8 Å². The topological polar surface area (TPSA) is 97.2 Å². The van der Waals surface area contributed by atoms with E-state index in [0.29, 0.717) is 17.4 Å². The summed E-state index contributed by atoms with van der Waals surface area (Å²) < 4.78 is 27.5. The summed E-state index contributed by atoms with van der Waals surface area (Å²) in [6, 6.07) is 6.17. The van der Waals surface area contributed by atoms with Crippen molar-refractivity contribution in [2.24, 2.45) is 0 Å². The van der Waals surface area contributed by atoms with Crippen LogP contribution in [0.5, 0.6) is 0 Å². The Kier molecular flexibility index (Phi) is 6.79. The van der Waals surface area contributed by atoms with Gasteiger partial charge in [-0.3, -0.25) is 4.79 Å². The monoisotopic (exact) mass is 409 g/mol. The summed E-state index contributed by atoms with van der Waals surface area (Å²) in [5.41, 5.74) is 0.416. The zero-order valence-corrected chi connectivity index (χ0v) is 17.3. The molecule has 1 aromatic heterocycles. The molecule has 0 aliphatic rings. The van der Waals surface area contributed by atoms with E-state index >= 15 is 0 Å². The Hall–Kier alpha value is -2.17. The fourth-order valence-corrected chi connectivity index (χ4v) is 4.04. The highest BCUT2D eigenvalue weighted by atomic mass is 32.2. The highest BCUT2D eigenvalue weighted by Crippen LogP contribution is 2.24. The van der Waals surface area contributed by atoms with Crippen LogP contribution in [0, 0.1) is 6.92 Å². The Morgan fingerprint density at radius 3 is 2.74 bits per heavy atom. The van der Waals surface area contributed by atoms with E-state index in [1.54, 1.807) is 25.1 Å². The van der Waals surface area contributed by atoms with Gasteiger partial charge in [-0.05, 0) is 32.0 Å². The number of aryl methyl sites for hydroxylation is 1. The molecule has 0 aliphatic heterocycles. The molecule has 2 rings (SSSR count). The number of hydrogen-bond acceptors (Lipinski definition) is 6. The molecule has 8 nitrogen and oxygen atoms in total. The van der Waals surface area contributed by atoms with E-state index < -0.39 is 15.3 Å². The Morgan fingerprint density at radius 2 is 2.11 bits per heavy atom. The molecule has 0 aliphatic carbocycles. The molecule has 146 valence electrons. The molecule has 0 fully saturated rings. The molecule has 1 atom stereocenters. The largest absolute Gasteiger partial charge is 0.325 e. The number of carbonyl (C=O) groups is 1. The minimum Gasteiger partial charge on any atom is -0.325 e. The van der Waals surface area contributed by atoms with Crippen molar-refractivity contribution in [1.82, 2.24) is 19.1 Å². The first-order valence-corrected chi connectivity index (χ1v) is 10.5. The summed E-state index contributed by atoms with van der Waals surface area (Å²) in [6.07, 6.45) is 1.74. The van der Waals surface area contributed by atoms with Crippen LogP contribution in [0.25, 0.3) is 0 Å². The third-order valence-electron chi connectivity index (χ3n) is 3.75. The van der Waals surface area contributed by atoms with Crippen LogP contribution in [0.3, 0.4) is 0 Å². The third-order valence-corrected chi connectivity index (χ3v) is 6.64. The number of anilines is 1. The molecule has 1 aromatic carbocycles. The number of nitrogens with one attached hydrogen (secondary N) is 1. The van der Waals surface area contributed by atoms with E-state index in [9.17, 15) is 13.2 Å². The zero-order chi connectivity index (χ0) is 20.2. The molecular weight excluding hydrogens is 386 g/mol. The van der Waals surface area contributed by atoms with Gasteiger partial charge in [0.2, 0.25) is 15.9 Å². The van der Waals surface area contributed by atoms with Gasteiger partial charge in [0, 0.05) is 26.3 Å². The second-order valence-corrected chi connectivity index (χ2v) is 9.45. The molecule has 0 saturated heterocycles. The molecule has 1 N–H and O–H groups in total. The summed E-state index contributed by atoms with van der Waals surface area (Å²) in [5.74, 6) is 0.483. The number of benzene rings is 1. The first-order chi connectivity index (χ1) is 12.7. The smallest absolute Gasteiger partial charge is 0.242 e. The molecule has 0 bridgehead atoms. The molecule has 0 saturated carbocycles. The second-order valence-electron chi connectivity index (χ2n) is 5.99. The minimum absolute atomic E-state index is 0.118. The van der Waals surface area contributed by atoms with Crippen LogP contribution < -0.4 is 5.32 Å². The van der Waals surface area contributed by atoms with Crippen LogP contribution in [-0.4, -0.2) is 52.7 Å². The Labute approximate surface area is 163 Å². The van der Waals surface area contributed by atoms with E-state index in [0.717, 1.165) is 10.1 Å². The SMILES string of the molecule is C=CCn1c(C)nnc1SC(C)C(=O)Nc1cccc(S(=O)(=O)N(C)C)c1. The number of carbonyl (C=O) groups excluding carboxylic acids is 1. The lowest BCUT2D eigenvalue weighted by atomic mass is 10.3. The number of hydrogen-bond donors (Lipinski definition) is 1. The molecule has 1 heterocycles. The standard InChI is InChI=1S/C17H23N5O3S2/c1-6-10-22-13(3)19-20-17(22)26-12(2)16(23)18-14-8-7-9-15(11-14)27(24,25)21(4)5/h6-9,11-12H,1,10H2,2-5H3,(H,18,23). The van der Waals surface area contributed by atoms with Gasteiger partial charge in [0.25, 0.3) is 0 Å². The number of rotatable bonds is 8. The van der Waals surface area contributed by atoms with E-state index in [1.807, 2.05) is 11.5 Å². The van der Waals surface area contributed by atoms with Gasteiger partial charge in [0.1, 0.15) is 5.82 Å². The van der Waals surface area contributed by atoms with Gasteiger partial charge in [0.15, 0.2) is 5.16 Å². The van der Waals surface area contributed by atoms with Crippen LogP contribution in [0.2, 0.25) is 0 Å². The molecule has 1 amide bonds. The Balaban J connectivity index is 2.12. The molecule has 1 unspecified atom stereocenters. The zero-order valence-electron chi connectivity index (χ0n) is 15.7. The van der Waals surface area contributed by atoms with Gasteiger partial charge in [0.05, 0.1) is 10.1 Å². The summed E-state index contributed by atoms with van der Waals surface area (Å²) in [5, 5.41) is 11.0. The Morgan fingerprint density at radius 1 is 1.41 bits per heavy atom. The number of amides is 1. The van der Waals surface area contributed by atoms with Crippen molar-refractivity contribution in [2.45, 2.75) is 35.7 Å². The highest BCUT2D eigenvalue weighted by molar-refractivity contribution is 8.00. The van der Waals surface area contributed by atoms with Gasteiger partial charge in [-0.25, -0.2) is 12.7 Å². The lowest BCUT2D eigenvalue weighted by molar-refractivity contribution is -0.115. The van der Waals surface area contributed by atoms with Crippen molar-refractivity contribution in [1.29, 1.82) is 0 Å². The van der Waals surface area contributed by atoms with Crippen molar-refractivity contribution in [3.05, 3.63) is 42.7 Å². The van der Waals surface area contributed by atoms with Gasteiger partial charge < -0.3 is 9.88 Å². The van der Waals surface area contributed by atoms with Crippen LogP contribution >= 0.6 is 11.8 Å². The van der Waals surface area contributed by atoms with E-state index in [1.165, 1.54) is 38.0 Å². The van der Waals surface area contributed by atoms with Crippen molar-refractivity contribution in [3.8, 4) is 0 Å². The average Bonchev–Trinajstić information content (AvgIpc) is 2.95. The van der Waals surface area contributed by atoms with E-state index in [4.69, 9.17) is 0 Å². The minimum atomic E-state index is -3.57. The van der Waals surface area contributed by atoms with Crippen molar-refractivity contribution in [3.63, 3.8) is 0 Å². The number of nitrogens with zero attached hydrogens (tertiary/aromatic N) is 4. The van der Waals surface area contributed by atoms with Crippen molar-refractivity contribution in [2.75, 3.05) is 19.4 Å². The summed E-state index contributed by atoms with van der Waals surface area (Å²) in [4.78, 5) is 12.6. The molecule has 27 heavy (non-hydrogen) atoms. The van der Waals surface area contributed by atoms with Crippen LogP contribution in [-0.2, 0) is 21.4 Å². The fourth-order valence-electron chi connectivity index (χ4n) is 2.19. The average molecular weight is 410 g/mol. The number of allylic oxidation sites excluding steroid dienone is 1. The van der Waals surface area contributed by atoms with Gasteiger partial charge >= 0.3 is 0 Å². The third kappa shape index (κ3) is 4.96.